The van der Waals surface area contributed by atoms with Crippen molar-refractivity contribution < 1.29 is 4.79 Å². The van der Waals surface area contributed by atoms with Gasteiger partial charge in [-0.3, -0.25) is 4.79 Å². The molecule has 98 valence electrons. The van der Waals surface area contributed by atoms with Gasteiger partial charge < -0.3 is 10.2 Å². The van der Waals surface area contributed by atoms with E-state index in [1.807, 2.05) is 43.0 Å². The summed E-state index contributed by atoms with van der Waals surface area (Å²) in [5.41, 5.74) is 0.604. The zero-order valence-corrected chi connectivity index (χ0v) is 12.5. The van der Waals surface area contributed by atoms with Crippen molar-refractivity contribution in [3.05, 3.63) is 34.3 Å². The van der Waals surface area contributed by atoms with E-state index in [4.69, 9.17) is 0 Å². The number of piperazine rings is 1. The fourth-order valence-corrected chi connectivity index (χ4v) is 2.52. The van der Waals surface area contributed by atoms with Crippen LogP contribution in [0.15, 0.2) is 28.7 Å². The fourth-order valence-electron chi connectivity index (χ4n) is 2.25. The van der Waals surface area contributed by atoms with Crippen LogP contribution < -0.4 is 5.32 Å². The van der Waals surface area contributed by atoms with Crippen LogP contribution in [0.3, 0.4) is 0 Å². The Hall–Kier alpha value is -0.870. The van der Waals surface area contributed by atoms with Gasteiger partial charge in [0, 0.05) is 30.7 Å². The van der Waals surface area contributed by atoms with Crippen molar-refractivity contribution in [3.63, 3.8) is 0 Å². The predicted molar refractivity (Wildman–Crippen MR) is 76.6 cm³/mol. The molecule has 1 amide bonds. The van der Waals surface area contributed by atoms with Gasteiger partial charge in [0.2, 0.25) is 5.91 Å². The molecule has 0 radical (unpaired) electrons. The molecule has 4 heteroatoms. The van der Waals surface area contributed by atoms with Crippen LogP contribution in [0.4, 0.5) is 0 Å². The van der Waals surface area contributed by atoms with E-state index in [-0.39, 0.29) is 5.91 Å². The Kier molecular flexibility index (Phi) is 4.07. The first-order valence-electron chi connectivity index (χ1n) is 6.28. The molecule has 1 N–H and O–H groups in total. The second kappa shape index (κ2) is 5.41. The molecular formula is C14H19BrN2O. The van der Waals surface area contributed by atoms with Gasteiger partial charge in [0.05, 0.1) is 5.41 Å². The fraction of sp³-hybridized carbons (Fsp3) is 0.500. The molecule has 1 aromatic carbocycles. The molecule has 0 spiro atoms. The molecule has 1 aromatic rings. The quantitative estimate of drug-likeness (QED) is 0.908. The molecule has 1 heterocycles. The Morgan fingerprint density at radius 2 is 1.78 bits per heavy atom. The molecule has 1 aliphatic rings. The molecule has 3 nitrogen and oxygen atoms in total. The standard InChI is InChI=1S/C14H19BrN2O/c1-14(2,11-3-5-12(15)6-4-11)13(18)17-9-7-16-8-10-17/h3-6,16H,7-10H2,1-2H3. The second-order valence-corrected chi connectivity index (χ2v) is 6.09. The van der Waals surface area contributed by atoms with Gasteiger partial charge in [-0.1, -0.05) is 28.1 Å². The number of benzene rings is 1. The van der Waals surface area contributed by atoms with Gasteiger partial charge in [0.1, 0.15) is 0 Å². The average Bonchev–Trinajstić information content (AvgIpc) is 2.39. The van der Waals surface area contributed by atoms with Crippen LogP contribution in [0.25, 0.3) is 0 Å². The molecule has 1 aliphatic heterocycles. The minimum atomic E-state index is -0.460. The smallest absolute Gasteiger partial charge is 0.232 e. The summed E-state index contributed by atoms with van der Waals surface area (Å²) < 4.78 is 1.04. The van der Waals surface area contributed by atoms with Crippen molar-refractivity contribution in [2.24, 2.45) is 0 Å². The number of nitrogens with one attached hydrogen (secondary N) is 1. The van der Waals surface area contributed by atoms with Gasteiger partial charge in [0.15, 0.2) is 0 Å². The maximum Gasteiger partial charge on any atom is 0.232 e. The van der Waals surface area contributed by atoms with Crippen LogP contribution >= 0.6 is 15.9 Å². The zero-order chi connectivity index (χ0) is 13.2. The summed E-state index contributed by atoms with van der Waals surface area (Å²) in [5.74, 6) is 0.214. The minimum Gasteiger partial charge on any atom is -0.339 e. The van der Waals surface area contributed by atoms with Crippen LogP contribution in [0.2, 0.25) is 0 Å². The van der Waals surface area contributed by atoms with Gasteiger partial charge >= 0.3 is 0 Å². The number of hydrogen-bond donors (Lipinski definition) is 1. The summed E-state index contributed by atoms with van der Waals surface area (Å²) in [6.45, 7) is 7.39. The van der Waals surface area contributed by atoms with Gasteiger partial charge in [-0.05, 0) is 31.5 Å². The van der Waals surface area contributed by atoms with Gasteiger partial charge in [0.25, 0.3) is 0 Å². The Labute approximate surface area is 117 Å². The first-order chi connectivity index (χ1) is 8.51. The van der Waals surface area contributed by atoms with Crippen LogP contribution in [0, 0.1) is 0 Å². The predicted octanol–water partition coefficient (Wildman–Crippen LogP) is 2.16. The van der Waals surface area contributed by atoms with E-state index in [1.165, 1.54) is 0 Å². The van der Waals surface area contributed by atoms with Gasteiger partial charge in [-0.2, -0.15) is 0 Å². The lowest BCUT2D eigenvalue weighted by Gasteiger charge is -2.35. The molecule has 0 aromatic heterocycles. The number of amides is 1. The summed E-state index contributed by atoms with van der Waals surface area (Å²) in [7, 11) is 0. The van der Waals surface area contributed by atoms with E-state index >= 15 is 0 Å². The van der Waals surface area contributed by atoms with Crippen LogP contribution in [0.5, 0.6) is 0 Å². The van der Waals surface area contributed by atoms with E-state index in [9.17, 15) is 4.79 Å². The first-order valence-corrected chi connectivity index (χ1v) is 7.07. The van der Waals surface area contributed by atoms with E-state index in [0.29, 0.717) is 0 Å². The number of rotatable bonds is 2. The SMILES string of the molecule is CC(C)(C(=O)N1CCNCC1)c1ccc(Br)cc1. The first kappa shape index (κ1) is 13.6. The van der Waals surface area contributed by atoms with Crippen molar-refractivity contribution in [1.82, 2.24) is 10.2 Å². The Morgan fingerprint density at radius 1 is 1.22 bits per heavy atom. The van der Waals surface area contributed by atoms with Crippen LogP contribution in [-0.4, -0.2) is 37.0 Å². The highest BCUT2D eigenvalue weighted by molar-refractivity contribution is 9.10. The van der Waals surface area contributed by atoms with Crippen LogP contribution in [-0.2, 0) is 10.2 Å². The average molecular weight is 311 g/mol. The monoisotopic (exact) mass is 310 g/mol. The highest BCUT2D eigenvalue weighted by atomic mass is 79.9. The maximum atomic E-state index is 12.6. The van der Waals surface area contributed by atoms with Crippen molar-refractivity contribution in [2.75, 3.05) is 26.2 Å². The largest absolute Gasteiger partial charge is 0.339 e. The molecule has 0 unspecified atom stereocenters. The number of hydrogen-bond acceptors (Lipinski definition) is 2. The second-order valence-electron chi connectivity index (χ2n) is 5.17. The molecule has 2 rings (SSSR count). The third-order valence-corrected chi connectivity index (χ3v) is 4.03. The lowest BCUT2D eigenvalue weighted by molar-refractivity contribution is -0.136. The molecule has 0 saturated carbocycles. The maximum absolute atomic E-state index is 12.6. The molecule has 1 fully saturated rings. The van der Waals surface area contributed by atoms with E-state index < -0.39 is 5.41 Å². The number of halogens is 1. The third-order valence-electron chi connectivity index (χ3n) is 3.50. The third kappa shape index (κ3) is 2.75. The highest BCUT2D eigenvalue weighted by Gasteiger charge is 2.34. The Bertz CT molecular complexity index is 422. The Balaban J connectivity index is 2.18. The molecular weight excluding hydrogens is 292 g/mol. The normalized spacial score (nSPS) is 16.7. The summed E-state index contributed by atoms with van der Waals surface area (Å²) >= 11 is 3.42. The van der Waals surface area contributed by atoms with Crippen molar-refractivity contribution >= 4 is 21.8 Å². The van der Waals surface area contributed by atoms with Gasteiger partial charge in [-0.25, -0.2) is 0 Å². The van der Waals surface area contributed by atoms with Crippen molar-refractivity contribution in [2.45, 2.75) is 19.3 Å². The zero-order valence-electron chi connectivity index (χ0n) is 10.9. The van der Waals surface area contributed by atoms with E-state index in [2.05, 4.69) is 21.2 Å². The van der Waals surface area contributed by atoms with Crippen LogP contribution in [0.1, 0.15) is 19.4 Å². The number of carbonyl (C=O) groups is 1. The van der Waals surface area contributed by atoms with E-state index in [0.717, 1.165) is 36.2 Å². The summed E-state index contributed by atoms with van der Waals surface area (Å²) in [6, 6.07) is 8.01. The van der Waals surface area contributed by atoms with E-state index in [1.54, 1.807) is 0 Å². The molecule has 0 atom stereocenters. The van der Waals surface area contributed by atoms with Crippen molar-refractivity contribution in [3.8, 4) is 0 Å². The van der Waals surface area contributed by atoms with Crippen molar-refractivity contribution in [1.29, 1.82) is 0 Å². The topological polar surface area (TPSA) is 32.3 Å². The Morgan fingerprint density at radius 3 is 2.33 bits per heavy atom. The molecule has 0 aliphatic carbocycles. The minimum absolute atomic E-state index is 0.214. The molecule has 18 heavy (non-hydrogen) atoms. The lowest BCUT2D eigenvalue weighted by Crippen LogP contribution is -2.51. The highest BCUT2D eigenvalue weighted by Crippen LogP contribution is 2.27. The summed E-state index contributed by atoms with van der Waals surface area (Å²) in [4.78, 5) is 14.5. The number of nitrogens with zero attached hydrogens (tertiary/aromatic N) is 1. The summed E-state index contributed by atoms with van der Waals surface area (Å²) in [5, 5.41) is 3.27. The lowest BCUT2D eigenvalue weighted by atomic mass is 9.83. The molecule has 1 saturated heterocycles. The van der Waals surface area contributed by atoms with Gasteiger partial charge in [-0.15, -0.1) is 0 Å². The number of carbonyl (C=O) groups excluding carboxylic acids is 1. The summed E-state index contributed by atoms with van der Waals surface area (Å²) in [6.07, 6.45) is 0. The molecule has 0 bridgehead atoms.